The van der Waals surface area contributed by atoms with Crippen molar-refractivity contribution in [3.63, 3.8) is 0 Å². The van der Waals surface area contributed by atoms with Gasteiger partial charge in [-0.1, -0.05) is 18.2 Å². The standard InChI is InChI=1S/C15H19NO2/c17-15(18-12-6-2-3-7-12)14-10-9-11-5-1-4-8-13(11)16-14/h1,4-5,8,12,14,16H,2-3,6-7,9-10H2. The van der Waals surface area contributed by atoms with Crippen molar-refractivity contribution < 1.29 is 9.53 Å². The summed E-state index contributed by atoms with van der Waals surface area (Å²) < 4.78 is 5.56. The Hall–Kier alpha value is -1.51. The minimum absolute atomic E-state index is 0.0728. The number of hydrogen-bond acceptors (Lipinski definition) is 3. The second-order valence-electron chi connectivity index (χ2n) is 5.24. The number of carbonyl (C=O) groups excluding carboxylic acids is 1. The van der Waals surface area contributed by atoms with Crippen molar-refractivity contribution >= 4 is 11.7 Å². The second-order valence-corrected chi connectivity index (χ2v) is 5.24. The maximum Gasteiger partial charge on any atom is 0.328 e. The lowest BCUT2D eigenvalue weighted by Crippen LogP contribution is -2.36. The van der Waals surface area contributed by atoms with Crippen molar-refractivity contribution in [2.24, 2.45) is 0 Å². The fourth-order valence-electron chi connectivity index (χ4n) is 2.87. The molecule has 1 aromatic carbocycles. The van der Waals surface area contributed by atoms with Gasteiger partial charge in [0.2, 0.25) is 0 Å². The van der Waals surface area contributed by atoms with Crippen LogP contribution >= 0.6 is 0 Å². The van der Waals surface area contributed by atoms with E-state index in [1.54, 1.807) is 0 Å². The molecule has 0 spiro atoms. The molecular formula is C15H19NO2. The first-order chi connectivity index (χ1) is 8.83. The fraction of sp³-hybridized carbons (Fsp3) is 0.533. The maximum absolute atomic E-state index is 12.1. The number of nitrogens with one attached hydrogen (secondary N) is 1. The molecule has 1 saturated carbocycles. The van der Waals surface area contributed by atoms with E-state index < -0.39 is 0 Å². The summed E-state index contributed by atoms with van der Waals surface area (Å²) in [6.45, 7) is 0. The van der Waals surface area contributed by atoms with Crippen molar-refractivity contribution in [3.8, 4) is 0 Å². The van der Waals surface area contributed by atoms with Crippen LogP contribution in [-0.2, 0) is 16.0 Å². The van der Waals surface area contributed by atoms with Crippen molar-refractivity contribution in [2.75, 3.05) is 5.32 Å². The van der Waals surface area contributed by atoms with Gasteiger partial charge in [0.1, 0.15) is 12.1 Å². The number of hydrogen-bond donors (Lipinski definition) is 1. The minimum atomic E-state index is -0.166. The van der Waals surface area contributed by atoms with Gasteiger partial charge in [0.05, 0.1) is 0 Å². The van der Waals surface area contributed by atoms with Crippen molar-refractivity contribution in [1.82, 2.24) is 0 Å². The molecule has 18 heavy (non-hydrogen) atoms. The monoisotopic (exact) mass is 245 g/mol. The van der Waals surface area contributed by atoms with E-state index in [4.69, 9.17) is 4.74 Å². The lowest BCUT2D eigenvalue weighted by Gasteiger charge is -2.26. The van der Waals surface area contributed by atoms with Gasteiger partial charge in [0, 0.05) is 5.69 Å². The van der Waals surface area contributed by atoms with Crippen LogP contribution in [0.5, 0.6) is 0 Å². The molecule has 1 aliphatic carbocycles. The predicted octanol–water partition coefficient (Wildman–Crippen LogP) is 2.90. The van der Waals surface area contributed by atoms with Gasteiger partial charge in [-0.05, 0) is 50.2 Å². The Morgan fingerprint density at radius 2 is 1.94 bits per heavy atom. The van der Waals surface area contributed by atoms with Crippen LogP contribution in [0.2, 0.25) is 0 Å². The third-order valence-corrected chi connectivity index (χ3v) is 3.92. The third-order valence-electron chi connectivity index (χ3n) is 3.92. The number of rotatable bonds is 2. The van der Waals surface area contributed by atoms with Gasteiger partial charge in [0.25, 0.3) is 0 Å². The molecule has 3 nitrogen and oxygen atoms in total. The van der Waals surface area contributed by atoms with Gasteiger partial charge in [0.15, 0.2) is 0 Å². The molecule has 1 N–H and O–H groups in total. The number of benzene rings is 1. The fourth-order valence-corrected chi connectivity index (χ4v) is 2.87. The maximum atomic E-state index is 12.1. The average molecular weight is 245 g/mol. The molecule has 3 heteroatoms. The number of ether oxygens (including phenoxy) is 1. The second kappa shape index (κ2) is 5.01. The van der Waals surface area contributed by atoms with E-state index in [1.807, 2.05) is 18.2 Å². The van der Waals surface area contributed by atoms with E-state index >= 15 is 0 Å². The molecule has 0 radical (unpaired) electrons. The van der Waals surface area contributed by atoms with E-state index in [9.17, 15) is 4.79 Å². The number of para-hydroxylation sites is 1. The van der Waals surface area contributed by atoms with Gasteiger partial charge in [-0.15, -0.1) is 0 Å². The Labute approximate surface area is 108 Å². The lowest BCUT2D eigenvalue weighted by molar-refractivity contribution is -0.149. The van der Waals surface area contributed by atoms with Crippen LogP contribution in [0.4, 0.5) is 5.69 Å². The summed E-state index contributed by atoms with van der Waals surface area (Å²) in [5.74, 6) is -0.0728. The summed E-state index contributed by atoms with van der Waals surface area (Å²) in [5.41, 5.74) is 2.37. The first-order valence-electron chi connectivity index (χ1n) is 6.88. The largest absolute Gasteiger partial charge is 0.461 e. The molecule has 0 aromatic heterocycles. The number of carbonyl (C=O) groups is 1. The molecule has 96 valence electrons. The molecule has 3 rings (SSSR count). The van der Waals surface area contributed by atoms with Crippen LogP contribution in [0.15, 0.2) is 24.3 Å². The summed E-state index contributed by atoms with van der Waals surface area (Å²) >= 11 is 0. The Kier molecular flexibility index (Phi) is 3.22. The molecule has 0 amide bonds. The number of anilines is 1. The number of aryl methyl sites for hydroxylation is 1. The molecule has 1 heterocycles. The molecule has 0 saturated heterocycles. The van der Waals surface area contributed by atoms with Crippen LogP contribution in [0.3, 0.4) is 0 Å². The Morgan fingerprint density at radius 1 is 1.17 bits per heavy atom. The van der Waals surface area contributed by atoms with Gasteiger partial charge in [-0.25, -0.2) is 4.79 Å². The Morgan fingerprint density at radius 3 is 2.78 bits per heavy atom. The molecule has 1 atom stereocenters. The van der Waals surface area contributed by atoms with Gasteiger partial charge >= 0.3 is 5.97 Å². The third kappa shape index (κ3) is 2.35. The zero-order chi connectivity index (χ0) is 12.4. The quantitative estimate of drug-likeness (QED) is 0.814. The summed E-state index contributed by atoms with van der Waals surface area (Å²) in [4.78, 5) is 12.1. The van der Waals surface area contributed by atoms with E-state index in [2.05, 4.69) is 11.4 Å². The molecule has 1 unspecified atom stereocenters. The molecular weight excluding hydrogens is 226 g/mol. The van der Waals surface area contributed by atoms with Crippen LogP contribution in [0, 0.1) is 0 Å². The summed E-state index contributed by atoms with van der Waals surface area (Å²) in [6.07, 6.45) is 6.41. The van der Waals surface area contributed by atoms with Crippen LogP contribution in [-0.4, -0.2) is 18.1 Å². The average Bonchev–Trinajstić information content (AvgIpc) is 2.91. The minimum Gasteiger partial charge on any atom is -0.461 e. The first-order valence-corrected chi connectivity index (χ1v) is 6.88. The SMILES string of the molecule is O=C(OC1CCCC1)C1CCc2ccccc2N1. The van der Waals surface area contributed by atoms with Gasteiger partial charge in [-0.2, -0.15) is 0 Å². The molecule has 2 aliphatic rings. The summed E-state index contributed by atoms with van der Waals surface area (Å²) in [5, 5.41) is 3.30. The van der Waals surface area contributed by atoms with Crippen LogP contribution in [0.25, 0.3) is 0 Å². The van der Waals surface area contributed by atoms with Crippen molar-refractivity contribution in [3.05, 3.63) is 29.8 Å². The molecule has 1 fully saturated rings. The van der Waals surface area contributed by atoms with E-state index in [1.165, 1.54) is 18.4 Å². The zero-order valence-corrected chi connectivity index (χ0v) is 10.5. The highest BCUT2D eigenvalue weighted by atomic mass is 16.5. The molecule has 0 bridgehead atoms. The van der Waals surface area contributed by atoms with Crippen molar-refractivity contribution in [1.29, 1.82) is 0 Å². The predicted molar refractivity (Wildman–Crippen MR) is 70.5 cm³/mol. The summed E-state index contributed by atoms with van der Waals surface area (Å²) in [6, 6.07) is 8.01. The number of fused-ring (bicyclic) bond motifs is 1. The summed E-state index contributed by atoms with van der Waals surface area (Å²) in [7, 11) is 0. The normalized spacial score (nSPS) is 23.2. The Bertz CT molecular complexity index is 438. The highest BCUT2D eigenvalue weighted by molar-refractivity contribution is 5.80. The highest BCUT2D eigenvalue weighted by Crippen LogP contribution is 2.26. The highest BCUT2D eigenvalue weighted by Gasteiger charge is 2.28. The van der Waals surface area contributed by atoms with E-state index in [0.717, 1.165) is 31.4 Å². The van der Waals surface area contributed by atoms with Gasteiger partial charge in [-0.3, -0.25) is 0 Å². The van der Waals surface area contributed by atoms with E-state index in [0.29, 0.717) is 0 Å². The van der Waals surface area contributed by atoms with Gasteiger partial charge < -0.3 is 10.1 Å². The lowest BCUT2D eigenvalue weighted by atomic mass is 9.98. The van der Waals surface area contributed by atoms with Crippen LogP contribution in [0.1, 0.15) is 37.7 Å². The van der Waals surface area contributed by atoms with E-state index in [-0.39, 0.29) is 18.1 Å². The van der Waals surface area contributed by atoms with Crippen LogP contribution < -0.4 is 5.32 Å². The number of esters is 1. The Balaban J connectivity index is 1.62. The first kappa shape index (κ1) is 11.6. The van der Waals surface area contributed by atoms with Crippen molar-refractivity contribution in [2.45, 2.75) is 50.7 Å². The zero-order valence-electron chi connectivity index (χ0n) is 10.5. The molecule has 1 aliphatic heterocycles. The molecule has 1 aromatic rings. The topological polar surface area (TPSA) is 38.3 Å². The smallest absolute Gasteiger partial charge is 0.328 e.